The maximum absolute atomic E-state index is 12.3. The molecule has 1 fully saturated rings. The second kappa shape index (κ2) is 5.32. The Balaban J connectivity index is 1.79. The van der Waals surface area contributed by atoms with E-state index in [1.807, 2.05) is 0 Å². The molecule has 20 heavy (non-hydrogen) atoms. The molecule has 1 aliphatic carbocycles. The van der Waals surface area contributed by atoms with Crippen LogP contribution in [-0.4, -0.2) is 40.0 Å². The summed E-state index contributed by atoms with van der Waals surface area (Å²) in [6.45, 7) is 0.533. The van der Waals surface area contributed by atoms with Crippen LogP contribution in [0, 0.1) is 11.8 Å². The zero-order valence-electron chi connectivity index (χ0n) is 11.3. The number of imide groups is 1. The predicted octanol–water partition coefficient (Wildman–Crippen LogP) is 1.48. The number of amides is 2. The van der Waals surface area contributed by atoms with Gasteiger partial charge in [-0.25, -0.2) is 0 Å². The minimum atomic E-state index is -0.298. The molecule has 106 valence electrons. The van der Waals surface area contributed by atoms with Gasteiger partial charge in [0.1, 0.15) is 5.69 Å². The van der Waals surface area contributed by atoms with E-state index in [1.54, 1.807) is 12.1 Å². The van der Waals surface area contributed by atoms with E-state index in [1.165, 1.54) is 11.1 Å². The summed E-state index contributed by atoms with van der Waals surface area (Å²) in [6, 6.07) is 3.32. The van der Waals surface area contributed by atoms with Crippen LogP contribution in [0.1, 0.15) is 46.5 Å². The van der Waals surface area contributed by atoms with E-state index in [-0.39, 0.29) is 36.0 Å². The van der Waals surface area contributed by atoms with Crippen LogP contribution in [0.25, 0.3) is 0 Å². The van der Waals surface area contributed by atoms with Crippen molar-refractivity contribution in [2.75, 3.05) is 13.2 Å². The van der Waals surface area contributed by atoms with Crippen molar-refractivity contribution in [2.24, 2.45) is 11.8 Å². The number of fused-ring (bicyclic) bond motifs is 1. The molecule has 1 aromatic heterocycles. The zero-order valence-corrected chi connectivity index (χ0v) is 11.3. The van der Waals surface area contributed by atoms with E-state index in [9.17, 15) is 14.7 Å². The van der Waals surface area contributed by atoms with E-state index in [4.69, 9.17) is 0 Å². The summed E-state index contributed by atoms with van der Waals surface area (Å²) in [5, 5.41) is 9.44. The maximum atomic E-state index is 12.3. The molecule has 2 heterocycles. The molecule has 1 aliphatic heterocycles. The van der Waals surface area contributed by atoms with Crippen LogP contribution < -0.4 is 0 Å². The number of carbonyl (C=O) groups excluding carboxylic acids is 2. The van der Waals surface area contributed by atoms with Crippen molar-refractivity contribution in [2.45, 2.75) is 25.7 Å². The Morgan fingerprint density at radius 1 is 1.20 bits per heavy atom. The predicted molar refractivity (Wildman–Crippen MR) is 72.1 cm³/mol. The molecule has 2 unspecified atom stereocenters. The van der Waals surface area contributed by atoms with Gasteiger partial charge in [0.15, 0.2) is 0 Å². The van der Waals surface area contributed by atoms with Crippen LogP contribution in [-0.2, 0) is 0 Å². The highest BCUT2D eigenvalue weighted by atomic mass is 16.3. The van der Waals surface area contributed by atoms with Gasteiger partial charge in [0.05, 0.1) is 5.56 Å². The van der Waals surface area contributed by atoms with E-state index in [0.717, 1.165) is 25.7 Å². The summed E-state index contributed by atoms with van der Waals surface area (Å²) in [6.07, 6.45) is 5.69. The summed E-state index contributed by atoms with van der Waals surface area (Å²) in [7, 11) is 0. The molecular weight excluding hydrogens is 256 g/mol. The molecule has 0 spiro atoms. The average Bonchev–Trinajstić information content (AvgIpc) is 2.73. The van der Waals surface area contributed by atoms with Gasteiger partial charge in [-0.2, -0.15) is 0 Å². The first-order chi connectivity index (χ1) is 9.72. The Morgan fingerprint density at radius 3 is 2.65 bits per heavy atom. The van der Waals surface area contributed by atoms with Crippen molar-refractivity contribution in [1.82, 2.24) is 9.88 Å². The minimum Gasteiger partial charge on any atom is -0.396 e. The molecule has 0 bridgehead atoms. The van der Waals surface area contributed by atoms with Crippen molar-refractivity contribution < 1.29 is 14.7 Å². The fraction of sp³-hybridized carbons (Fsp3) is 0.533. The molecule has 2 atom stereocenters. The Labute approximate surface area is 117 Å². The van der Waals surface area contributed by atoms with Crippen molar-refractivity contribution >= 4 is 11.8 Å². The van der Waals surface area contributed by atoms with Gasteiger partial charge in [0.2, 0.25) is 0 Å². The van der Waals surface area contributed by atoms with Crippen molar-refractivity contribution in [1.29, 1.82) is 0 Å². The Bertz CT molecular complexity index is 509. The summed E-state index contributed by atoms with van der Waals surface area (Å²) >= 11 is 0. The first-order valence-corrected chi connectivity index (χ1v) is 7.14. The van der Waals surface area contributed by atoms with Crippen LogP contribution in [0.4, 0.5) is 0 Å². The lowest BCUT2D eigenvalue weighted by molar-refractivity contribution is 0.0544. The fourth-order valence-electron chi connectivity index (χ4n) is 3.28. The number of aliphatic hydroxyl groups excluding tert-OH is 1. The third kappa shape index (κ3) is 2.12. The van der Waals surface area contributed by atoms with Gasteiger partial charge in [-0.1, -0.05) is 12.8 Å². The SMILES string of the molecule is O=C1c2cccnc2C(=O)N1CC1CCCCC1CO. The van der Waals surface area contributed by atoms with Crippen molar-refractivity contribution in [3.05, 3.63) is 29.6 Å². The van der Waals surface area contributed by atoms with E-state index >= 15 is 0 Å². The smallest absolute Gasteiger partial charge is 0.280 e. The molecule has 5 heteroatoms. The molecule has 0 saturated heterocycles. The van der Waals surface area contributed by atoms with E-state index in [2.05, 4.69) is 4.98 Å². The molecule has 1 N–H and O–H groups in total. The third-order valence-electron chi connectivity index (χ3n) is 4.45. The molecule has 2 aliphatic rings. The number of aromatic nitrogens is 1. The number of rotatable bonds is 3. The lowest BCUT2D eigenvalue weighted by Crippen LogP contribution is -2.39. The van der Waals surface area contributed by atoms with Gasteiger partial charge < -0.3 is 5.11 Å². The maximum Gasteiger partial charge on any atom is 0.280 e. The van der Waals surface area contributed by atoms with Gasteiger partial charge in [0.25, 0.3) is 11.8 Å². The van der Waals surface area contributed by atoms with E-state index in [0.29, 0.717) is 12.1 Å². The summed E-state index contributed by atoms with van der Waals surface area (Å²) in [5.41, 5.74) is 0.655. The van der Waals surface area contributed by atoms with Crippen LogP contribution >= 0.6 is 0 Å². The zero-order chi connectivity index (χ0) is 14.1. The van der Waals surface area contributed by atoms with Crippen LogP contribution in [0.2, 0.25) is 0 Å². The Morgan fingerprint density at radius 2 is 1.95 bits per heavy atom. The lowest BCUT2D eigenvalue weighted by Gasteiger charge is -2.32. The molecule has 0 radical (unpaired) electrons. The molecule has 1 saturated carbocycles. The fourth-order valence-corrected chi connectivity index (χ4v) is 3.28. The van der Waals surface area contributed by atoms with Gasteiger partial charge in [0, 0.05) is 19.3 Å². The topological polar surface area (TPSA) is 70.5 Å². The molecule has 1 aromatic rings. The standard InChI is InChI=1S/C15H18N2O3/c18-9-11-5-2-1-4-10(11)8-17-14(19)12-6-3-7-16-13(12)15(17)20/h3,6-7,10-11,18H,1-2,4-5,8-9H2. The second-order valence-corrected chi connectivity index (χ2v) is 5.61. The second-order valence-electron chi connectivity index (χ2n) is 5.61. The largest absolute Gasteiger partial charge is 0.396 e. The lowest BCUT2D eigenvalue weighted by atomic mass is 9.79. The molecular formula is C15H18N2O3. The summed E-state index contributed by atoms with van der Waals surface area (Å²) < 4.78 is 0. The van der Waals surface area contributed by atoms with Crippen LogP contribution in [0.3, 0.4) is 0 Å². The Kier molecular flexibility index (Phi) is 3.53. The number of hydrogen-bond donors (Lipinski definition) is 1. The minimum absolute atomic E-state index is 0.131. The summed E-state index contributed by atoms with van der Waals surface area (Å²) in [5.74, 6) is -0.148. The number of hydrogen-bond acceptors (Lipinski definition) is 4. The molecule has 5 nitrogen and oxygen atoms in total. The average molecular weight is 274 g/mol. The van der Waals surface area contributed by atoms with Crippen LogP contribution in [0.5, 0.6) is 0 Å². The highest BCUT2D eigenvalue weighted by molar-refractivity contribution is 6.20. The monoisotopic (exact) mass is 274 g/mol. The third-order valence-corrected chi connectivity index (χ3v) is 4.45. The van der Waals surface area contributed by atoms with Gasteiger partial charge in [-0.05, 0) is 36.8 Å². The van der Waals surface area contributed by atoms with E-state index < -0.39 is 0 Å². The van der Waals surface area contributed by atoms with Crippen molar-refractivity contribution in [3.63, 3.8) is 0 Å². The first kappa shape index (κ1) is 13.2. The van der Waals surface area contributed by atoms with Gasteiger partial charge in [-0.3, -0.25) is 19.5 Å². The quantitative estimate of drug-likeness (QED) is 0.847. The number of nitrogens with zero attached hydrogens (tertiary/aromatic N) is 2. The first-order valence-electron chi connectivity index (χ1n) is 7.14. The summed E-state index contributed by atoms with van der Waals surface area (Å²) in [4.78, 5) is 29.8. The number of carbonyl (C=O) groups is 2. The van der Waals surface area contributed by atoms with Crippen molar-refractivity contribution in [3.8, 4) is 0 Å². The molecule has 0 aromatic carbocycles. The Hall–Kier alpha value is -1.75. The highest BCUT2D eigenvalue weighted by Crippen LogP contribution is 2.32. The molecule has 3 rings (SSSR count). The highest BCUT2D eigenvalue weighted by Gasteiger charge is 2.39. The normalized spacial score (nSPS) is 25.9. The molecule has 2 amide bonds. The van der Waals surface area contributed by atoms with Crippen LogP contribution in [0.15, 0.2) is 18.3 Å². The number of pyridine rings is 1. The van der Waals surface area contributed by atoms with Gasteiger partial charge >= 0.3 is 0 Å². The number of aliphatic hydroxyl groups is 1. The van der Waals surface area contributed by atoms with Gasteiger partial charge in [-0.15, -0.1) is 0 Å².